The highest BCUT2D eigenvalue weighted by atomic mass is 35.5. The van der Waals surface area contributed by atoms with Crippen molar-refractivity contribution in [1.29, 1.82) is 0 Å². The highest BCUT2D eigenvalue weighted by molar-refractivity contribution is 6.31. The molecule has 37 heavy (non-hydrogen) atoms. The third-order valence-electron chi connectivity index (χ3n) is 6.33. The summed E-state index contributed by atoms with van der Waals surface area (Å²) < 4.78 is 0. The summed E-state index contributed by atoms with van der Waals surface area (Å²) in [6.07, 6.45) is -0.336. The van der Waals surface area contributed by atoms with Crippen LogP contribution in [0.25, 0.3) is 22.0 Å². The zero-order valence-electron chi connectivity index (χ0n) is 19.4. The van der Waals surface area contributed by atoms with Gasteiger partial charge in [-0.05, 0) is 35.4 Å². The molecule has 0 aliphatic carbocycles. The van der Waals surface area contributed by atoms with E-state index >= 15 is 0 Å². The number of pyridine rings is 1. The van der Waals surface area contributed by atoms with Gasteiger partial charge in [0.05, 0.1) is 23.7 Å². The van der Waals surface area contributed by atoms with E-state index in [9.17, 15) is 14.4 Å². The fraction of sp³-hybridized carbons (Fsp3) is 0.143. The number of carbonyl (C=O) groups is 2. The summed E-state index contributed by atoms with van der Waals surface area (Å²) in [7, 11) is 0. The Kier molecular flexibility index (Phi) is 6.82. The number of hydrogen-bond donors (Lipinski definition) is 2. The Bertz CT molecular complexity index is 1610. The van der Waals surface area contributed by atoms with E-state index in [0.29, 0.717) is 38.0 Å². The van der Waals surface area contributed by atoms with Crippen LogP contribution in [-0.4, -0.2) is 32.7 Å². The summed E-state index contributed by atoms with van der Waals surface area (Å²) in [6, 6.07) is 21.2. The molecule has 1 unspecified atom stereocenters. The molecule has 0 radical (unpaired) electrons. The average molecular weight is 534 g/mol. The highest BCUT2D eigenvalue weighted by Crippen LogP contribution is 2.39. The third kappa shape index (κ3) is 4.88. The fourth-order valence-electron chi connectivity index (χ4n) is 4.64. The van der Waals surface area contributed by atoms with Crippen molar-refractivity contribution in [2.75, 3.05) is 0 Å². The number of H-pyrrole nitrogens is 1. The molecule has 0 fully saturated rings. The normalized spacial score (nSPS) is 15.1. The summed E-state index contributed by atoms with van der Waals surface area (Å²) in [5, 5.41) is 16.8. The number of nitrogens with one attached hydrogen (secondary N) is 1. The lowest BCUT2D eigenvalue weighted by molar-refractivity contribution is -0.141. The Morgan fingerprint density at radius 3 is 2.38 bits per heavy atom. The summed E-state index contributed by atoms with van der Waals surface area (Å²) in [6.45, 7) is 0. The predicted molar refractivity (Wildman–Crippen MR) is 144 cm³/mol. The number of fused-ring (bicyclic) bond motifs is 1. The van der Waals surface area contributed by atoms with Gasteiger partial charge in [0.15, 0.2) is 0 Å². The van der Waals surface area contributed by atoms with E-state index in [-0.39, 0.29) is 24.8 Å². The van der Waals surface area contributed by atoms with Gasteiger partial charge in [0.25, 0.3) is 5.56 Å². The number of hydrazone groups is 1. The van der Waals surface area contributed by atoms with E-state index in [4.69, 9.17) is 28.3 Å². The Balaban J connectivity index is 1.70. The summed E-state index contributed by atoms with van der Waals surface area (Å²) in [5.41, 5.74) is 3.17. The molecule has 2 heterocycles. The number of benzene rings is 3. The lowest BCUT2D eigenvalue weighted by Gasteiger charge is -2.22. The molecule has 0 saturated carbocycles. The van der Waals surface area contributed by atoms with Crippen LogP contribution in [0.15, 0.2) is 82.7 Å². The number of rotatable bonds is 6. The van der Waals surface area contributed by atoms with Gasteiger partial charge in [-0.2, -0.15) is 5.10 Å². The molecule has 3 aromatic carbocycles. The van der Waals surface area contributed by atoms with Crippen LogP contribution in [0.5, 0.6) is 0 Å². The molecule has 0 bridgehead atoms. The molecular weight excluding hydrogens is 513 g/mol. The van der Waals surface area contributed by atoms with Crippen LogP contribution in [0.3, 0.4) is 0 Å². The first-order chi connectivity index (χ1) is 17.8. The van der Waals surface area contributed by atoms with Gasteiger partial charge in [0, 0.05) is 39.4 Å². The number of aromatic amines is 1. The minimum atomic E-state index is -1.08. The Morgan fingerprint density at radius 2 is 1.65 bits per heavy atom. The van der Waals surface area contributed by atoms with Gasteiger partial charge >= 0.3 is 5.97 Å². The van der Waals surface area contributed by atoms with Crippen molar-refractivity contribution >= 4 is 51.7 Å². The van der Waals surface area contributed by atoms with Gasteiger partial charge in [-0.25, -0.2) is 5.01 Å². The quantitative estimate of drug-likeness (QED) is 0.315. The second-order valence-corrected chi connectivity index (χ2v) is 9.52. The first kappa shape index (κ1) is 24.7. The van der Waals surface area contributed by atoms with Crippen molar-refractivity contribution in [3.05, 3.63) is 104 Å². The summed E-state index contributed by atoms with van der Waals surface area (Å²) in [4.78, 5) is 40.7. The number of carbonyl (C=O) groups excluding carboxylic acids is 1. The zero-order chi connectivity index (χ0) is 26.1. The molecule has 4 aromatic rings. The maximum atomic E-state index is 13.5. The number of para-hydroxylation sites is 1. The molecule has 1 aliphatic rings. The third-order valence-corrected chi connectivity index (χ3v) is 6.92. The molecule has 9 heteroatoms. The molecule has 2 N–H and O–H groups in total. The number of carboxylic acids is 1. The number of carboxylic acid groups (broad SMARTS) is 1. The number of nitrogens with zero attached hydrogens (tertiary/aromatic N) is 2. The van der Waals surface area contributed by atoms with E-state index in [1.807, 2.05) is 36.4 Å². The predicted octanol–water partition coefficient (Wildman–Crippen LogP) is 6.04. The Morgan fingerprint density at radius 1 is 0.946 bits per heavy atom. The van der Waals surface area contributed by atoms with Crippen LogP contribution in [0.1, 0.15) is 36.4 Å². The van der Waals surface area contributed by atoms with Crippen LogP contribution in [-0.2, 0) is 9.59 Å². The largest absolute Gasteiger partial charge is 0.481 e. The number of amides is 1. The van der Waals surface area contributed by atoms with Gasteiger partial charge < -0.3 is 10.1 Å². The first-order valence-electron chi connectivity index (χ1n) is 11.6. The minimum absolute atomic E-state index is 0.227. The maximum Gasteiger partial charge on any atom is 0.303 e. The van der Waals surface area contributed by atoms with Crippen LogP contribution in [0, 0.1) is 0 Å². The molecule has 0 spiro atoms. The first-order valence-corrected chi connectivity index (χ1v) is 12.4. The van der Waals surface area contributed by atoms with Crippen molar-refractivity contribution in [1.82, 2.24) is 9.99 Å². The molecule has 1 amide bonds. The number of aliphatic carboxylic acids is 1. The lowest BCUT2D eigenvalue weighted by atomic mass is 9.91. The van der Waals surface area contributed by atoms with E-state index < -0.39 is 17.9 Å². The Labute approximate surface area is 222 Å². The van der Waals surface area contributed by atoms with Crippen molar-refractivity contribution in [2.24, 2.45) is 5.10 Å². The molecule has 5 rings (SSSR count). The van der Waals surface area contributed by atoms with Crippen LogP contribution < -0.4 is 5.56 Å². The van der Waals surface area contributed by atoms with Crippen molar-refractivity contribution in [3.8, 4) is 11.1 Å². The molecular formula is C28H21Cl2N3O4. The standard InChI is InChI=1S/C28H21Cl2N3O4/c29-17-11-9-16(10-12-17)26-19-6-2-4-8-21(19)31-28(37)27(26)22-15-23(18-5-1-3-7-20(18)30)33(32-22)24(34)13-14-25(35)36/h1-12,23H,13-15H2,(H,31,37)(H,35,36). The van der Waals surface area contributed by atoms with Crippen molar-refractivity contribution < 1.29 is 14.7 Å². The highest BCUT2D eigenvalue weighted by Gasteiger charge is 2.36. The van der Waals surface area contributed by atoms with Crippen molar-refractivity contribution in [3.63, 3.8) is 0 Å². The second-order valence-electron chi connectivity index (χ2n) is 8.68. The van der Waals surface area contributed by atoms with E-state index in [1.54, 1.807) is 36.4 Å². The van der Waals surface area contributed by atoms with Gasteiger partial charge in [0.2, 0.25) is 5.91 Å². The van der Waals surface area contributed by atoms with Gasteiger partial charge in [0.1, 0.15) is 0 Å². The maximum absolute atomic E-state index is 13.5. The molecule has 1 atom stereocenters. The van der Waals surface area contributed by atoms with E-state index in [0.717, 1.165) is 10.9 Å². The minimum Gasteiger partial charge on any atom is -0.481 e. The molecule has 1 aromatic heterocycles. The lowest BCUT2D eigenvalue weighted by Crippen LogP contribution is -2.27. The topological polar surface area (TPSA) is 103 Å². The van der Waals surface area contributed by atoms with Crippen LogP contribution in [0.2, 0.25) is 10.0 Å². The molecule has 186 valence electrons. The summed E-state index contributed by atoms with van der Waals surface area (Å²) in [5.74, 6) is -1.55. The molecule has 7 nitrogen and oxygen atoms in total. The monoisotopic (exact) mass is 533 g/mol. The van der Waals surface area contributed by atoms with E-state index in [2.05, 4.69) is 10.1 Å². The van der Waals surface area contributed by atoms with E-state index in [1.165, 1.54) is 5.01 Å². The van der Waals surface area contributed by atoms with Gasteiger partial charge in [-0.3, -0.25) is 14.4 Å². The number of hydrogen-bond acceptors (Lipinski definition) is 4. The molecule has 1 aliphatic heterocycles. The Hall–Kier alpha value is -3.94. The van der Waals surface area contributed by atoms with Crippen molar-refractivity contribution in [2.45, 2.75) is 25.3 Å². The number of aromatic nitrogens is 1. The molecule has 0 saturated heterocycles. The SMILES string of the molecule is O=C(O)CCC(=O)N1N=C(c2c(-c3ccc(Cl)cc3)c3ccccc3[nH]c2=O)CC1c1ccccc1Cl. The smallest absolute Gasteiger partial charge is 0.303 e. The number of halogens is 2. The zero-order valence-corrected chi connectivity index (χ0v) is 21.0. The van der Waals surface area contributed by atoms with Crippen LogP contribution >= 0.6 is 23.2 Å². The fourth-order valence-corrected chi connectivity index (χ4v) is 5.03. The van der Waals surface area contributed by atoms with Gasteiger partial charge in [-0.15, -0.1) is 0 Å². The summed E-state index contributed by atoms with van der Waals surface area (Å²) >= 11 is 12.6. The average Bonchev–Trinajstić information content (AvgIpc) is 3.32. The van der Waals surface area contributed by atoms with Gasteiger partial charge in [-0.1, -0.05) is 71.7 Å². The van der Waals surface area contributed by atoms with Crippen LogP contribution in [0.4, 0.5) is 0 Å². The second kappa shape index (κ2) is 10.2.